The van der Waals surface area contributed by atoms with Gasteiger partial charge in [0.15, 0.2) is 0 Å². The van der Waals surface area contributed by atoms with Crippen molar-refractivity contribution in [2.45, 2.75) is 38.8 Å². The summed E-state index contributed by atoms with van der Waals surface area (Å²) in [4.78, 5) is 32.6. The molecule has 9 heteroatoms. The average molecular weight is 454 g/mol. The van der Waals surface area contributed by atoms with Crippen LogP contribution in [0, 0.1) is 0 Å². The van der Waals surface area contributed by atoms with Crippen molar-refractivity contribution in [3.8, 4) is 10.4 Å². The van der Waals surface area contributed by atoms with Crippen LogP contribution in [0.4, 0.5) is 0 Å². The van der Waals surface area contributed by atoms with Crippen molar-refractivity contribution in [2.75, 3.05) is 13.1 Å². The SMILES string of the molecule is CCc1nsc(Cn2c(=O)n(C3CCNCC3)c(=O)c3sc(-c4ccccc4)cc32)n1. The third-order valence-electron chi connectivity index (χ3n) is 5.71. The zero-order valence-electron chi connectivity index (χ0n) is 17.2. The lowest BCUT2D eigenvalue weighted by Gasteiger charge is -2.24. The fourth-order valence-corrected chi connectivity index (χ4v) is 5.90. The van der Waals surface area contributed by atoms with Gasteiger partial charge < -0.3 is 5.32 Å². The van der Waals surface area contributed by atoms with E-state index in [0.29, 0.717) is 16.8 Å². The summed E-state index contributed by atoms with van der Waals surface area (Å²) >= 11 is 2.78. The summed E-state index contributed by atoms with van der Waals surface area (Å²) in [6, 6.07) is 11.9. The summed E-state index contributed by atoms with van der Waals surface area (Å²) < 4.78 is 8.18. The van der Waals surface area contributed by atoms with Crippen molar-refractivity contribution in [3.05, 3.63) is 68.1 Å². The van der Waals surface area contributed by atoms with Crippen LogP contribution in [0.1, 0.15) is 36.6 Å². The molecule has 0 atom stereocenters. The van der Waals surface area contributed by atoms with Gasteiger partial charge in [0.05, 0.1) is 12.1 Å². The van der Waals surface area contributed by atoms with Gasteiger partial charge in [0.25, 0.3) is 5.56 Å². The fourth-order valence-electron chi connectivity index (χ4n) is 4.08. The first-order valence-electron chi connectivity index (χ1n) is 10.5. The van der Waals surface area contributed by atoms with Gasteiger partial charge in [-0.1, -0.05) is 37.3 Å². The Bertz CT molecular complexity index is 1330. The zero-order valence-corrected chi connectivity index (χ0v) is 18.8. The Morgan fingerprint density at radius 3 is 2.65 bits per heavy atom. The van der Waals surface area contributed by atoms with Gasteiger partial charge >= 0.3 is 5.69 Å². The lowest BCUT2D eigenvalue weighted by molar-refractivity contribution is 0.346. The Labute approximate surface area is 187 Å². The topological polar surface area (TPSA) is 81.8 Å². The molecule has 7 nitrogen and oxygen atoms in total. The smallest absolute Gasteiger partial charge is 0.317 e. The normalized spacial score (nSPS) is 15.0. The number of fused-ring (bicyclic) bond motifs is 1. The van der Waals surface area contributed by atoms with Gasteiger partial charge in [-0.3, -0.25) is 13.9 Å². The average Bonchev–Trinajstić information content (AvgIpc) is 3.45. The van der Waals surface area contributed by atoms with Crippen molar-refractivity contribution >= 4 is 33.1 Å². The predicted molar refractivity (Wildman–Crippen MR) is 125 cm³/mol. The Morgan fingerprint density at radius 2 is 1.94 bits per heavy atom. The highest BCUT2D eigenvalue weighted by molar-refractivity contribution is 7.22. The minimum absolute atomic E-state index is 0.0835. The van der Waals surface area contributed by atoms with Crippen LogP contribution in [-0.2, 0) is 13.0 Å². The van der Waals surface area contributed by atoms with Crippen LogP contribution in [0.15, 0.2) is 46.0 Å². The van der Waals surface area contributed by atoms with Crippen LogP contribution in [-0.4, -0.2) is 31.6 Å². The van der Waals surface area contributed by atoms with Crippen LogP contribution in [0.5, 0.6) is 0 Å². The summed E-state index contributed by atoms with van der Waals surface area (Å²) in [6.45, 7) is 3.96. The molecule has 0 spiro atoms. The Morgan fingerprint density at radius 1 is 1.16 bits per heavy atom. The van der Waals surface area contributed by atoms with E-state index in [-0.39, 0.29) is 17.3 Å². The number of hydrogen-bond donors (Lipinski definition) is 1. The van der Waals surface area contributed by atoms with Gasteiger partial charge in [0.2, 0.25) is 0 Å². The molecule has 3 aromatic heterocycles. The highest BCUT2D eigenvalue weighted by Crippen LogP contribution is 2.32. The molecule has 1 aliphatic rings. The van der Waals surface area contributed by atoms with Gasteiger partial charge in [-0.15, -0.1) is 11.3 Å². The Kier molecular flexibility index (Phi) is 5.56. The Hall–Kier alpha value is -2.62. The largest absolute Gasteiger partial charge is 0.332 e. The second-order valence-electron chi connectivity index (χ2n) is 7.67. The molecule has 0 unspecified atom stereocenters. The summed E-state index contributed by atoms with van der Waals surface area (Å²) in [7, 11) is 0. The zero-order chi connectivity index (χ0) is 21.4. The number of piperidine rings is 1. The van der Waals surface area contributed by atoms with E-state index in [9.17, 15) is 9.59 Å². The maximum Gasteiger partial charge on any atom is 0.332 e. The number of nitrogens with zero attached hydrogens (tertiary/aromatic N) is 4. The third kappa shape index (κ3) is 3.77. The minimum atomic E-state index is -0.255. The van der Waals surface area contributed by atoms with Crippen LogP contribution in [0.3, 0.4) is 0 Å². The molecule has 0 saturated carbocycles. The molecule has 5 rings (SSSR count). The molecule has 31 heavy (non-hydrogen) atoms. The molecule has 1 fully saturated rings. The fraction of sp³-hybridized carbons (Fsp3) is 0.364. The number of thiophene rings is 1. The first-order chi connectivity index (χ1) is 15.2. The summed E-state index contributed by atoms with van der Waals surface area (Å²) in [5.74, 6) is 0.784. The molecule has 1 N–H and O–H groups in total. The van der Waals surface area contributed by atoms with E-state index in [1.807, 2.05) is 43.3 Å². The second kappa shape index (κ2) is 8.49. The second-order valence-corrected chi connectivity index (χ2v) is 9.56. The van der Waals surface area contributed by atoms with Crippen LogP contribution in [0.2, 0.25) is 0 Å². The minimum Gasteiger partial charge on any atom is -0.317 e. The molecule has 0 aliphatic carbocycles. The molecule has 0 amide bonds. The molecular weight excluding hydrogens is 430 g/mol. The van der Waals surface area contributed by atoms with Gasteiger partial charge in [0, 0.05) is 17.3 Å². The summed E-state index contributed by atoms with van der Waals surface area (Å²) in [5.41, 5.74) is 1.29. The molecule has 0 bridgehead atoms. The van der Waals surface area contributed by atoms with Crippen molar-refractivity contribution in [1.82, 2.24) is 23.8 Å². The molecule has 1 aliphatic heterocycles. The van der Waals surface area contributed by atoms with Crippen LogP contribution in [0.25, 0.3) is 20.7 Å². The van der Waals surface area contributed by atoms with E-state index < -0.39 is 0 Å². The number of hydrogen-bond acceptors (Lipinski definition) is 7. The van der Waals surface area contributed by atoms with Crippen LogP contribution < -0.4 is 16.6 Å². The quantitative estimate of drug-likeness (QED) is 0.502. The van der Waals surface area contributed by atoms with Crippen molar-refractivity contribution in [3.63, 3.8) is 0 Å². The molecule has 1 saturated heterocycles. The van der Waals surface area contributed by atoms with Crippen LogP contribution >= 0.6 is 22.9 Å². The predicted octanol–water partition coefficient (Wildman–Crippen LogP) is 3.28. The van der Waals surface area contributed by atoms with E-state index in [1.165, 1.54) is 27.4 Å². The van der Waals surface area contributed by atoms with E-state index in [4.69, 9.17) is 0 Å². The first kappa shape index (κ1) is 20.3. The lowest BCUT2D eigenvalue weighted by atomic mass is 10.1. The van der Waals surface area contributed by atoms with Gasteiger partial charge in [-0.05, 0) is 49.1 Å². The van der Waals surface area contributed by atoms with E-state index in [1.54, 1.807) is 4.57 Å². The third-order valence-corrected chi connectivity index (χ3v) is 7.60. The van der Waals surface area contributed by atoms with Crippen molar-refractivity contribution in [2.24, 2.45) is 0 Å². The number of nitrogens with one attached hydrogen (secondary N) is 1. The highest BCUT2D eigenvalue weighted by atomic mass is 32.1. The number of aryl methyl sites for hydroxylation is 1. The molecule has 4 aromatic rings. The van der Waals surface area contributed by atoms with Gasteiger partial charge in [0.1, 0.15) is 15.5 Å². The molecule has 1 aromatic carbocycles. The number of rotatable bonds is 5. The van der Waals surface area contributed by atoms with E-state index >= 15 is 0 Å². The van der Waals surface area contributed by atoms with Crippen molar-refractivity contribution in [1.29, 1.82) is 0 Å². The highest BCUT2D eigenvalue weighted by Gasteiger charge is 2.24. The van der Waals surface area contributed by atoms with Crippen molar-refractivity contribution < 1.29 is 0 Å². The molecule has 4 heterocycles. The summed E-state index contributed by atoms with van der Waals surface area (Å²) in [5, 5.41) is 4.09. The lowest BCUT2D eigenvalue weighted by Crippen LogP contribution is -2.45. The number of benzene rings is 1. The monoisotopic (exact) mass is 453 g/mol. The first-order valence-corrected chi connectivity index (χ1v) is 12.1. The summed E-state index contributed by atoms with van der Waals surface area (Å²) in [6.07, 6.45) is 2.30. The molecule has 160 valence electrons. The maximum atomic E-state index is 13.6. The molecular formula is C22H23N5O2S2. The molecule has 0 radical (unpaired) electrons. The van der Waals surface area contributed by atoms with E-state index in [0.717, 1.165) is 53.6 Å². The number of aromatic nitrogens is 4. The van der Waals surface area contributed by atoms with Gasteiger partial charge in [-0.2, -0.15) is 4.37 Å². The maximum absolute atomic E-state index is 13.6. The Balaban J connectivity index is 1.72. The van der Waals surface area contributed by atoms with Gasteiger partial charge in [-0.25, -0.2) is 9.78 Å². The standard InChI is InChI=1S/C22H23N5O2S2/c1-2-18-24-19(31-25-18)13-26-16-12-17(14-6-4-3-5-7-14)30-20(16)21(28)27(22(26)29)15-8-10-23-11-9-15/h3-7,12,15,23H,2,8-11,13H2,1H3. The van der Waals surface area contributed by atoms with E-state index in [2.05, 4.69) is 14.7 Å².